The van der Waals surface area contributed by atoms with E-state index >= 15 is 0 Å². The van der Waals surface area contributed by atoms with Crippen LogP contribution in [-0.2, 0) is 9.53 Å². The highest BCUT2D eigenvalue weighted by atomic mass is 16.5. The molecule has 0 bridgehead atoms. The van der Waals surface area contributed by atoms with E-state index in [0.717, 1.165) is 6.20 Å². The highest BCUT2D eigenvalue weighted by Crippen LogP contribution is 2.20. The number of esters is 1. The number of hydrogen-bond acceptors (Lipinski definition) is 5. The zero-order chi connectivity index (χ0) is 14.7. The second-order valence-corrected chi connectivity index (χ2v) is 4.24. The highest BCUT2D eigenvalue weighted by Gasteiger charge is 2.31. The lowest BCUT2D eigenvalue weighted by Crippen LogP contribution is -2.30. The Kier molecular flexibility index (Phi) is 3.84. The van der Waals surface area contributed by atoms with Crippen LogP contribution in [0.25, 0.3) is 0 Å². The van der Waals surface area contributed by atoms with Crippen LogP contribution in [0.3, 0.4) is 0 Å². The van der Waals surface area contributed by atoms with Gasteiger partial charge in [-0.2, -0.15) is 0 Å². The van der Waals surface area contributed by atoms with Crippen molar-refractivity contribution in [2.75, 3.05) is 18.1 Å². The van der Waals surface area contributed by atoms with Gasteiger partial charge < -0.3 is 4.74 Å². The van der Waals surface area contributed by atoms with E-state index in [1.807, 2.05) is 0 Å². The van der Waals surface area contributed by atoms with Crippen LogP contribution in [0.5, 0.6) is 0 Å². The summed E-state index contributed by atoms with van der Waals surface area (Å²) in [6.45, 7) is 2.10. The molecule has 1 amide bonds. The van der Waals surface area contributed by atoms with Gasteiger partial charge in [0, 0.05) is 18.9 Å². The molecule has 7 nitrogen and oxygen atoms in total. The molecule has 0 spiro atoms. The predicted molar refractivity (Wildman–Crippen MR) is 70.1 cm³/mol. The number of hydrogen-bond donors (Lipinski definition) is 1. The molecular formula is C13H13N3O4. The van der Waals surface area contributed by atoms with Gasteiger partial charge in [0.25, 0.3) is 5.56 Å². The minimum atomic E-state index is -0.748. The van der Waals surface area contributed by atoms with Gasteiger partial charge in [0.1, 0.15) is 5.56 Å². The van der Waals surface area contributed by atoms with E-state index in [-0.39, 0.29) is 36.4 Å². The fraction of sp³-hybridized carbons (Fsp3) is 0.385. The number of terminal acetylenes is 1. The standard InChI is InChI=1S/C13H13N3O4/c1-3-8-5-10(17)16(7-8)13-14-6-9(11(18)15-13)12(19)20-4-2/h1,6,8H,4-5,7H2,2H3,(H,14,15,18). The summed E-state index contributed by atoms with van der Waals surface area (Å²) in [5, 5.41) is 0. The van der Waals surface area contributed by atoms with Gasteiger partial charge >= 0.3 is 5.97 Å². The molecule has 104 valence electrons. The highest BCUT2D eigenvalue weighted by molar-refractivity contribution is 5.94. The van der Waals surface area contributed by atoms with Crippen molar-refractivity contribution in [3.05, 3.63) is 22.1 Å². The first-order valence-electron chi connectivity index (χ1n) is 6.09. The van der Waals surface area contributed by atoms with Crippen LogP contribution in [0.15, 0.2) is 11.0 Å². The van der Waals surface area contributed by atoms with Crippen molar-refractivity contribution in [3.63, 3.8) is 0 Å². The molecule has 0 radical (unpaired) electrons. The fourth-order valence-corrected chi connectivity index (χ4v) is 1.90. The number of amides is 1. The summed E-state index contributed by atoms with van der Waals surface area (Å²) in [7, 11) is 0. The van der Waals surface area contributed by atoms with Crippen molar-refractivity contribution in [3.8, 4) is 12.3 Å². The maximum Gasteiger partial charge on any atom is 0.345 e. The minimum Gasteiger partial charge on any atom is -0.462 e. The van der Waals surface area contributed by atoms with Crippen LogP contribution in [-0.4, -0.2) is 35.0 Å². The number of aromatic amines is 1. The smallest absolute Gasteiger partial charge is 0.345 e. The molecule has 0 aromatic carbocycles. The molecule has 1 saturated heterocycles. The Balaban J connectivity index is 2.26. The molecule has 20 heavy (non-hydrogen) atoms. The first-order valence-corrected chi connectivity index (χ1v) is 6.09. The Morgan fingerprint density at radius 2 is 2.40 bits per heavy atom. The van der Waals surface area contributed by atoms with Gasteiger partial charge in [0.05, 0.1) is 12.8 Å². The van der Waals surface area contributed by atoms with Crippen molar-refractivity contribution in [2.45, 2.75) is 13.3 Å². The first-order chi connectivity index (χ1) is 9.56. The average molecular weight is 275 g/mol. The van der Waals surface area contributed by atoms with Gasteiger partial charge in [0.2, 0.25) is 11.9 Å². The van der Waals surface area contributed by atoms with Crippen molar-refractivity contribution < 1.29 is 14.3 Å². The fourth-order valence-electron chi connectivity index (χ4n) is 1.90. The molecule has 1 atom stereocenters. The number of aromatic nitrogens is 2. The SMILES string of the molecule is C#CC1CC(=O)N(c2ncc(C(=O)OCC)c(=O)[nH]2)C1. The lowest BCUT2D eigenvalue weighted by molar-refractivity contribution is -0.117. The maximum absolute atomic E-state index is 11.8. The third-order valence-corrected chi connectivity index (χ3v) is 2.90. The molecule has 0 saturated carbocycles. The van der Waals surface area contributed by atoms with Crippen molar-refractivity contribution in [1.29, 1.82) is 0 Å². The number of rotatable bonds is 3. The summed E-state index contributed by atoms with van der Waals surface area (Å²) in [6, 6.07) is 0. The lowest BCUT2D eigenvalue weighted by atomic mass is 10.1. The number of anilines is 1. The normalized spacial score (nSPS) is 17.9. The molecule has 2 heterocycles. The molecule has 0 aliphatic carbocycles. The van der Waals surface area contributed by atoms with Crippen LogP contribution in [0.4, 0.5) is 5.95 Å². The van der Waals surface area contributed by atoms with E-state index < -0.39 is 11.5 Å². The molecule has 7 heteroatoms. The van der Waals surface area contributed by atoms with E-state index in [1.54, 1.807) is 6.92 Å². The van der Waals surface area contributed by atoms with Crippen LogP contribution in [0.2, 0.25) is 0 Å². The average Bonchev–Trinajstić information content (AvgIpc) is 2.80. The number of nitrogens with one attached hydrogen (secondary N) is 1. The predicted octanol–water partition coefficient (Wildman–Crippen LogP) is -0.0673. The molecule has 1 aliphatic heterocycles. The van der Waals surface area contributed by atoms with Crippen molar-refractivity contribution >= 4 is 17.8 Å². The molecule has 2 rings (SSSR count). The van der Waals surface area contributed by atoms with Gasteiger partial charge in [-0.25, -0.2) is 9.78 Å². The van der Waals surface area contributed by atoms with Crippen LogP contribution < -0.4 is 10.5 Å². The maximum atomic E-state index is 11.8. The Labute approximate surface area is 115 Å². The van der Waals surface area contributed by atoms with Gasteiger partial charge in [-0.1, -0.05) is 0 Å². The van der Waals surface area contributed by atoms with E-state index in [9.17, 15) is 14.4 Å². The Morgan fingerprint density at radius 3 is 2.95 bits per heavy atom. The summed E-state index contributed by atoms with van der Waals surface area (Å²) < 4.78 is 4.72. The Morgan fingerprint density at radius 1 is 1.65 bits per heavy atom. The Bertz CT molecular complexity index is 644. The zero-order valence-electron chi connectivity index (χ0n) is 10.9. The molecule has 1 aliphatic rings. The largest absolute Gasteiger partial charge is 0.462 e. The van der Waals surface area contributed by atoms with Gasteiger partial charge in [-0.3, -0.25) is 19.5 Å². The van der Waals surface area contributed by atoms with E-state index in [0.29, 0.717) is 6.54 Å². The molecular weight excluding hydrogens is 262 g/mol. The van der Waals surface area contributed by atoms with Crippen LogP contribution in [0.1, 0.15) is 23.7 Å². The van der Waals surface area contributed by atoms with E-state index in [4.69, 9.17) is 11.2 Å². The summed E-state index contributed by atoms with van der Waals surface area (Å²) in [4.78, 5) is 42.7. The molecule has 1 unspecified atom stereocenters. The molecule has 1 aromatic heterocycles. The van der Waals surface area contributed by atoms with Crippen molar-refractivity contribution in [2.24, 2.45) is 5.92 Å². The molecule has 1 aromatic rings. The third-order valence-electron chi connectivity index (χ3n) is 2.90. The first kappa shape index (κ1) is 13.8. The van der Waals surface area contributed by atoms with Crippen LogP contribution >= 0.6 is 0 Å². The lowest BCUT2D eigenvalue weighted by Gasteiger charge is -2.13. The topological polar surface area (TPSA) is 92.4 Å². The second kappa shape index (κ2) is 5.57. The third kappa shape index (κ3) is 2.54. The summed E-state index contributed by atoms with van der Waals surface area (Å²) in [5.74, 6) is 1.43. The van der Waals surface area contributed by atoms with E-state index in [1.165, 1.54) is 4.90 Å². The zero-order valence-corrected chi connectivity index (χ0v) is 10.9. The summed E-state index contributed by atoms with van der Waals surface area (Å²) in [5.41, 5.74) is -0.846. The number of ether oxygens (including phenoxy) is 1. The van der Waals surface area contributed by atoms with Gasteiger partial charge in [0.15, 0.2) is 0 Å². The monoisotopic (exact) mass is 275 g/mol. The van der Waals surface area contributed by atoms with Crippen molar-refractivity contribution in [1.82, 2.24) is 9.97 Å². The number of nitrogens with zero attached hydrogens (tertiary/aromatic N) is 2. The quantitative estimate of drug-likeness (QED) is 0.616. The van der Waals surface area contributed by atoms with Crippen LogP contribution in [0, 0.1) is 18.3 Å². The molecule has 1 N–H and O–H groups in total. The summed E-state index contributed by atoms with van der Waals surface area (Å²) in [6.07, 6.45) is 6.60. The number of carbonyl (C=O) groups excluding carboxylic acids is 2. The van der Waals surface area contributed by atoms with Gasteiger partial charge in [-0.05, 0) is 6.92 Å². The second-order valence-electron chi connectivity index (χ2n) is 4.24. The van der Waals surface area contributed by atoms with E-state index in [2.05, 4.69) is 15.9 Å². The number of H-pyrrole nitrogens is 1. The summed E-state index contributed by atoms with van der Waals surface area (Å²) >= 11 is 0. The van der Waals surface area contributed by atoms with Gasteiger partial charge in [-0.15, -0.1) is 12.3 Å². The Hall–Kier alpha value is -2.62. The molecule has 1 fully saturated rings. The minimum absolute atomic E-state index is 0.0887. The number of carbonyl (C=O) groups is 2.